The number of nitrogens with zero attached hydrogens (tertiary/aromatic N) is 1. The van der Waals surface area contributed by atoms with Crippen molar-refractivity contribution < 1.29 is 4.74 Å². The number of nitrogens with one attached hydrogen (secondary N) is 1. The van der Waals surface area contributed by atoms with Gasteiger partial charge in [-0.15, -0.1) is 0 Å². The predicted octanol–water partition coefficient (Wildman–Crippen LogP) is 2.27. The molecule has 1 saturated heterocycles. The molecular formula is C14H30N2O. The maximum Gasteiger partial charge on any atom is 0.0478 e. The van der Waals surface area contributed by atoms with Crippen LogP contribution in [-0.4, -0.2) is 49.3 Å². The largest absolute Gasteiger partial charge is 0.382 e. The second-order valence-electron chi connectivity index (χ2n) is 6.01. The minimum Gasteiger partial charge on any atom is -0.382 e. The average molecular weight is 242 g/mol. The molecule has 0 aliphatic carbocycles. The number of likely N-dealkylation sites (tertiary alicyclic amines) is 1. The predicted molar refractivity (Wildman–Crippen MR) is 73.5 cm³/mol. The molecule has 3 nitrogen and oxygen atoms in total. The van der Waals surface area contributed by atoms with Crippen LogP contribution < -0.4 is 5.32 Å². The van der Waals surface area contributed by atoms with E-state index < -0.39 is 0 Å². The minimum atomic E-state index is 0.236. The highest BCUT2D eigenvalue weighted by molar-refractivity contribution is 4.83. The zero-order chi connectivity index (χ0) is 12.7. The van der Waals surface area contributed by atoms with E-state index in [0.717, 1.165) is 25.8 Å². The van der Waals surface area contributed by atoms with Crippen molar-refractivity contribution in [3.05, 3.63) is 0 Å². The van der Waals surface area contributed by atoms with Gasteiger partial charge in [0.25, 0.3) is 0 Å². The number of ether oxygens (including phenoxy) is 1. The Morgan fingerprint density at radius 2 is 2.12 bits per heavy atom. The van der Waals surface area contributed by atoms with Crippen LogP contribution in [0.4, 0.5) is 0 Å². The summed E-state index contributed by atoms with van der Waals surface area (Å²) >= 11 is 0. The lowest BCUT2D eigenvalue weighted by Gasteiger charge is -2.29. The Labute approximate surface area is 107 Å². The lowest BCUT2D eigenvalue weighted by atomic mass is 10.1. The quantitative estimate of drug-likeness (QED) is 0.693. The Bertz CT molecular complexity index is 201. The van der Waals surface area contributed by atoms with Crippen molar-refractivity contribution in [3.8, 4) is 0 Å². The van der Waals surface area contributed by atoms with E-state index >= 15 is 0 Å². The fourth-order valence-electron chi connectivity index (χ4n) is 2.36. The summed E-state index contributed by atoms with van der Waals surface area (Å²) in [6.45, 7) is 14.1. The molecule has 1 heterocycles. The Hall–Kier alpha value is -0.120. The topological polar surface area (TPSA) is 24.5 Å². The maximum atomic E-state index is 5.40. The molecular weight excluding hydrogens is 212 g/mol. The van der Waals surface area contributed by atoms with Crippen LogP contribution in [0.3, 0.4) is 0 Å². The number of hydrogen-bond acceptors (Lipinski definition) is 3. The normalized spacial score (nSPS) is 22.2. The molecule has 3 heteroatoms. The molecule has 1 atom stereocenters. The van der Waals surface area contributed by atoms with Crippen molar-refractivity contribution in [2.75, 3.05) is 32.8 Å². The van der Waals surface area contributed by atoms with Crippen LogP contribution in [0.1, 0.15) is 47.0 Å². The molecule has 102 valence electrons. The van der Waals surface area contributed by atoms with Gasteiger partial charge < -0.3 is 10.1 Å². The molecule has 1 fully saturated rings. The van der Waals surface area contributed by atoms with Gasteiger partial charge in [-0.1, -0.05) is 0 Å². The molecule has 0 saturated carbocycles. The van der Waals surface area contributed by atoms with Gasteiger partial charge in [0.15, 0.2) is 0 Å². The summed E-state index contributed by atoms with van der Waals surface area (Å²) in [6.07, 6.45) is 3.86. The fraction of sp³-hybridized carbons (Fsp3) is 1.00. The molecule has 1 N–H and O–H groups in total. The van der Waals surface area contributed by atoms with Gasteiger partial charge in [0.05, 0.1) is 0 Å². The van der Waals surface area contributed by atoms with Crippen molar-refractivity contribution >= 4 is 0 Å². The van der Waals surface area contributed by atoms with E-state index in [1.54, 1.807) is 0 Å². The van der Waals surface area contributed by atoms with E-state index in [4.69, 9.17) is 4.74 Å². The van der Waals surface area contributed by atoms with Crippen LogP contribution in [0.2, 0.25) is 0 Å². The van der Waals surface area contributed by atoms with Crippen LogP contribution >= 0.6 is 0 Å². The summed E-state index contributed by atoms with van der Waals surface area (Å²) in [5, 5.41) is 3.62. The minimum absolute atomic E-state index is 0.236. The van der Waals surface area contributed by atoms with Gasteiger partial charge in [-0.05, 0) is 53.5 Å². The third-order valence-corrected chi connectivity index (χ3v) is 3.31. The lowest BCUT2D eigenvalue weighted by molar-refractivity contribution is 0.128. The zero-order valence-electron chi connectivity index (χ0n) is 12.1. The van der Waals surface area contributed by atoms with Gasteiger partial charge in [-0.3, -0.25) is 4.90 Å². The van der Waals surface area contributed by atoms with Crippen molar-refractivity contribution in [1.82, 2.24) is 10.2 Å². The molecule has 0 aromatic rings. The molecule has 1 aliphatic heterocycles. The molecule has 0 spiro atoms. The van der Waals surface area contributed by atoms with Crippen molar-refractivity contribution in [1.29, 1.82) is 0 Å². The molecule has 0 amide bonds. The number of rotatable bonds is 7. The average Bonchev–Trinajstić information content (AvgIpc) is 2.68. The highest BCUT2D eigenvalue weighted by Crippen LogP contribution is 2.17. The molecule has 0 aromatic carbocycles. The first kappa shape index (κ1) is 14.9. The van der Waals surface area contributed by atoms with Gasteiger partial charge in [0, 0.05) is 37.9 Å². The smallest absolute Gasteiger partial charge is 0.0478 e. The third kappa shape index (κ3) is 6.39. The first-order valence-electron chi connectivity index (χ1n) is 7.10. The van der Waals surface area contributed by atoms with Gasteiger partial charge >= 0.3 is 0 Å². The molecule has 1 rings (SSSR count). The van der Waals surface area contributed by atoms with E-state index in [9.17, 15) is 0 Å². The van der Waals surface area contributed by atoms with Crippen molar-refractivity contribution in [2.24, 2.45) is 0 Å². The van der Waals surface area contributed by atoms with Crippen LogP contribution in [0.15, 0.2) is 0 Å². The molecule has 1 aliphatic rings. The van der Waals surface area contributed by atoms with E-state index in [2.05, 4.69) is 37.9 Å². The van der Waals surface area contributed by atoms with Crippen LogP contribution in [-0.2, 0) is 4.74 Å². The van der Waals surface area contributed by atoms with Crippen LogP contribution in [0.5, 0.6) is 0 Å². The lowest BCUT2D eigenvalue weighted by Crippen LogP contribution is -2.45. The number of hydrogen-bond donors (Lipinski definition) is 1. The SMILES string of the molecule is CCOCCCN1CCCC1CNC(C)(C)C. The van der Waals surface area contributed by atoms with Crippen LogP contribution in [0.25, 0.3) is 0 Å². The molecule has 1 unspecified atom stereocenters. The molecule has 0 radical (unpaired) electrons. The molecule has 0 aromatic heterocycles. The summed E-state index contributed by atoms with van der Waals surface area (Å²) in [7, 11) is 0. The van der Waals surface area contributed by atoms with Crippen LogP contribution in [0, 0.1) is 0 Å². The van der Waals surface area contributed by atoms with Crippen molar-refractivity contribution in [3.63, 3.8) is 0 Å². The highest BCUT2D eigenvalue weighted by atomic mass is 16.5. The fourth-order valence-corrected chi connectivity index (χ4v) is 2.36. The monoisotopic (exact) mass is 242 g/mol. The van der Waals surface area contributed by atoms with E-state index in [-0.39, 0.29) is 5.54 Å². The Morgan fingerprint density at radius 1 is 1.35 bits per heavy atom. The zero-order valence-corrected chi connectivity index (χ0v) is 12.1. The summed E-state index contributed by atoms with van der Waals surface area (Å²) in [6, 6.07) is 0.732. The van der Waals surface area contributed by atoms with Gasteiger partial charge in [-0.25, -0.2) is 0 Å². The second kappa shape index (κ2) is 7.34. The standard InChI is InChI=1S/C14H30N2O/c1-5-17-11-7-10-16-9-6-8-13(16)12-15-14(2,3)4/h13,15H,5-12H2,1-4H3. The maximum absolute atomic E-state index is 5.40. The Balaban J connectivity index is 2.19. The Morgan fingerprint density at radius 3 is 2.76 bits per heavy atom. The molecule has 0 bridgehead atoms. The molecule has 17 heavy (non-hydrogen) atoms. The third-order valence-electron chi connectivity index (χ3n) is 3.31. The second-order valence-corrected chi connectivity index (χ2v) is 6.01. The summed E-state index contributed by atoms with van der Waals surface area (Å²) < 4.78 is 5.40. The van der Waals surface area contributed by atoms with Gasteiger partial charge in [-0.2, -0.15) is 0 Å². The van der Waals surface area contributed by atoms with Gasteiger partial charge in [0.2, 0.25) is 0 Å². The van der Waals surface area contributed by atoms with E-state index in [1.807, 2.05) is 0 Å². The summed E-state index contributed by atoms with van der Waals surface area (Å²) in [5.41, 5.74) is 0.236. The summed E-state index contributed by atoms with van der Waals surface area (Å²) in [5.74, 6) is 0. The summed E-state index contributed by atoms with van der Waals surface area (Å²) in [4.78, 5) is 2.62. The van der Waals surface area contributed by atoms with Crippen molar-refractivity contribution in [2.45, 2.75) is 58.5 Å². The van der Waals surface area contributed by atoms with Gasteiger partial charge in [0.1, 0.15) is 0 Å². The Kier molecular flexibility index (Phi) is 6.45. The first-order chi connectivity index (χ1) is 8.03. The van der Waals surface area contributed by atoms with E-state index in [0.29, 0.717) is 0 Å². The first-order valence-corrected chi connectivity index (χ1v) is 7.10. The van der Waals surface area contributed by atoms with E-state index in [1.165, 1.54) is 32.4 Å². The highest BCUT2D eigenvalue weighted by Gasteiger charge is 2.24.